The number of benzene rings is 3. The van der Waals surface area contributed by atoms with E-state index in [1.807, 2.05) is 68.4 Å². The highest BCUT2D eigenvalue weighted by molar-refractivity contribution is 6.13. The molecule has 0 unspecified atom stereocenters. The van der Waals surface area contributed by atoms with Crippen LogP contribution in [0.3, 0.4) is 0 Å². The van der Waals surface area contributed by atoms with E-state index in [-0.39, 0.29) is 30.0 Å². The molecular formula is C35H37NO6. The smallest absolute Gasteiger partial charge is 0.340 e. The second kappa shape index (κ2) is 12.6. The molecule has 4 aromatic rings. The van der Waals surface area contributed by atoms with Gasteiger partial charge in [0, 0.05) is 28.8 Å². The van der Waals surface area contributed by atoms with Gasteiger partial charge in [0.1, 0.15) is 17.8 Å². The van der Waals surface area contributed by atoms with Crippen molar-refractivity contribution in [1.82, 2.24) is 0 Å². The Balaban J connectivity index is 1.49. The van der Waals surface area contributed by atoms with Crippen LogP contribution in [0.15, 0.2) is 71.2 Å². The van der Waals surface area contributed by atoms with Crippen molar-refractivity contribution in [2.75, 3.05) is 12.0 Å². The molecule has 0 saturated heterocycles. The Morgan fingerprint density at radius 3 is 2.36 bits per heavy atom. The predicted molar refractivity (Wildman–Crippen MR) is 164 cm³/mol. The summed E-state index contributed by atoms with van der Waals surface area (Å²) in [5, 5.41) is 1.58. The molecule has 0 atom stereocenters. The van der Waals surface area contributed by atoms with Crippen LogP contribution in [0.1, 0.15) is 67.9 Å². The number of rotatable bonds is 8. The normalized spacial score (nSPS) is 17.2. The van der Waals surface area contributed by atoms with Gasteiger partial charge < -0.3 is 18.8 Å². The molecule has 1 aromatic heterocycles. The number of nitrogens with zero attached hydrogens (tertiary/aromatic N) is 1. The first kappa shape index (κ1) is 29.1. The minimum absolute atomic E-state index is 0.0341. The monoisotopic (exact) mass is 567 g/mol. The lowest BCUT2D eigenvalue weighted by molar-refractivity contribution is -0.138. The largest absolute Gasteiger partial charge is 0.465 e. The highest BCUT2D eigenvalue weighted by atomic mass is 16.5. The molecule has 0 spiro atoms. The van der Waals surface area contributed by atoms with Crippen molar-refractivity contribution >= 4 is 51.5 Å². The predicted octanol–water partition coefficient (Wildman–Crippen LogP) is 7.70. The van der Waals surface area contributed by atoms with Crippen molar-refractivity contribution in [3.63, 3.8) is 0 Å². The summed E-state index contributed by atoms with van der Waals surface area (Å²) in [6, 6.07) is 18.5. The Hall–Kier alpha value is -4.39. The van der Waals surface area contributed by atoms with E-state index in [1.54, 1.807) is 17.0 Å². The van der Waals surface area contributed by atoms with Crippen LogP contribution in [0.25, 0.3) is 28.0 Å². The van der Waals surface area contributed by atoms with Gasteiger partial charge in [0.25, 0.3) is 0 Å². The van der Waals surface area contributed by atoms with E-state index in [4.69, 9.17) is 13.9 Å². The maximum Gasteiger partial charge on any atom is 0.340 e. The third-order valence-electron chi connectivity index (χ3n) is 8.03. The number of methoxy groups -OCH3 is 1. The van der Waals surface area contributed by atoms with E-state index in [0.717, 1.165) is 47.6 Å². The summed E-state index contributed by atoms with van der Waals surface area (Å²) in [6.45, 7) is 6.35. The number of carbonyl (C=O) groups excluding carboxylic acids is 3. The van der Waals surface area contributed by atoms with Crippen molar-refractivity contribution in [2.45, 2.75) is 59.1 Å². The number of amides is 1. The summed E-state index contributed by atoms with van der Waals surface area (Å²) in [7, 11) is 1.34. The van der Waals surface area contributed by atoms with Gasteiger partial charge in [-0.15, -0.1) is 0 Å². The van der Waals surface area contributed by atoms with E-state index in [0.29, 0.717) is 22.8 Å². The Bertz CT molecular complexity index is 1630. The van der Waals surface area contributed by atoms with Crippen LogP contribution in [0.4, 0.5) is 5.69 Å². The van der Waals surface area contributed by atoms with E-state index < -0.39 is 11.9 Å². The molecule has 3 aromatic carbocycles. The van der Waals surface area contributed by atoms with Crippen molar-refractivity contribution in [2.24, 2.45) is 11.8 Å². The third-order valence-corrected chi connectivity index (χ3v) is 8.03. The molecule has 1 aliphatic rings. The number of hydrogen-bond acceptors (Lipinski definition) is 6. The van der Waals surface area contributed by atoms with Crippen LogP contribution in [0.5, 0.6) is 0 Å². The van der Waals surface area contributed by atoms with Gasteiger partial charge in [-0.2, -0.15) is 0 Å². The van der Waals surface area contributed by atoms with Gasteiger partial charge in [-0.05, 0) is 86.9 Å². The summed E-state index contributed by atoms with van der Waals surface area (Å²) in [4.78, 5) is 40.9. The van der Waals surface area contributed by atoms with Crippen molar-refractivity contribution < 1.29 is 28.3 Å². The van der Waals surface area contributed by atoms with Crippen molar-refractivity contribution in [3.8, 4) is 0 Å². The number of ether oxygens (including phenoxy) is 2. The topological polar surface area (TPSA) is 86.0 Å². The number of fused-ring (bicyclic) bond motifs is 3. The summed E-state index contributed by atoms with van der Waals surface area (Å²) in [5.41, 5.74) is 3.65. The molecule has 7 heteroatoms. The van der Waals surface area contributed by atoms with E-state index >= 15 is 0 Å². The molecule has 7 nitrogen and oxygen atoms in total. The van der Waals surface area contributed by atoms with Gasteiger partial charge in [-0.25, -0.2) is 9.59 Å². The van der Waals surface area contributed by atoms with Gasteiger partial charge >= 0.3 is 11.9 Å². The minimum atomic E-state index is -0.527. The van der Waals surface area contributed by atoms with E-state index in [9.17, 15) is 14.4 Å². The summed E-state index contributed by atoms with van der Waals surface area (Å²) >= 11 is 0. The zero-order chi connectivity index (χ0) is 29.8. The van der Waals surface area contributed by atoms with Gasteiger partial charge in [0.2, 0.25) is 5.91 Å². The summed E-state index contributed by atoms with van der Waals surface area (Å²) in [5.74, 6) is -0.393. The number of furan rings is 1. The van der Waals surface area contributed by atoms with Gasteiger partial charge in [-0.1, -0.05) is 43.3 Å². The molecule has 1 aliphatic carbocycles. The Kier molecular flexibility index (Phi) is 8.76. The second-order valence-corrected chi connectivity index (χ2v) is 11.4. The maximum absolute atomic E-state index is 13.9. The lowest BCUT2D eigenvalue weighted by Crippen LogP contribution is -2.43. The van der Waals surface area contributed by atoms with E-state index in [1.165, 1.54) is 13.2 Å². The number of carbonyl (C=O) groups is 3. The first-order chi connectivity index (χ1) is 20.2. The second-order valence-electron chi connectivity index (χ2n) is 11.4. The number of anilines is 1. The molecule has 0 radical (unpaired) electrons. The molecule has 1 saturated carbocycles. The van der Waals surface area contributed by atoms with Crippen LogP contribution in [-0.4, -0.2) is 31.0 Å². The Morgan fingerprint density at radius 2 is 1.67 bits per heavy atom. The standard InChI is InChI=1S/C35H37NO6/c1-22(2)36(34(38)26-14-10-23(3)11-15-26)30-19-28-27-18-24(13-17-33(37)41-21-25-8-6-5-7-9-25)12-16-31(27)42-32(28)20-29(30)35(39)40-4/h5-9,12-13,16-20,22-23,26H,10-11,14-15,21H2,1-4H3/b17-13+. The maximum atomic E-state index is 13.9. The summed E-state index contributed by atoms with van der Waals surface area (Å²) < 4.78 is 16.6. The van der Waals surface area contributed by atoms with Crippen LogP contribution in [-0.2, 0) is 25.7 Å². The lowest BCUT2D eigenvalue weighted by atomic mass is 9.82. The van der Waals surface area contributed by atoms with Crippen molar-refractivity contribution in [1.29, 1.82) is 0 Å². The Labute approximate surface area is 246 Å². The quantitative estimate of drug-likeness (QED) is 0.160. The fourth-order valence-corrected chi connectivity index (χ4v) is 5.70. The molecule has 1 amide bonds. The molecule has 1 heterocycles. The van der Waals surface area contributed by atoms with Gasteiger partial charge in [-0.3, -0.25) is 4.79 Å². The zero-order valence-corrected chi connectivity index (χ0v) is 24.6. The first-order valence-electron chi connectivity index (χ1n) is 14.6. The molecule has 0 bridgehead atoms. The highest BCUT2D eigenvalue weighted by Gasteiger charge is 2.33. The van der Waals surface area contributed by atoms with Gasteiger partial charge in [0.15, 0.2) is 0 Å². The SMILES string of the molecule is COC(=O)c1cc2oc3ccc(/C=C/C(=O)OCc4ccccc4)cc3c2cc1N(C(=O)C1CCC(C)CC1)C(C)C. The lowest BCUT2D eigenvalue weighted by Gasteiger charge is -2.34. The highest BCUT2D eigenvalue weighted by Crippen LogP contribution is 2.38. The fraction of sp³-hybridized carbons (Fsp3) is 0.343. The zero-order valence-electron chi connectivity index (χ0n) is 24.6. The molecule has 5 rings (SSSR count). The van der Waals surface area contributed by atoms with Crippen LogP contribution < -0.4 is 4.90 Å². The van der Waals surface area contributed by atoms with Crippen LogP contribution in [0, 0.1) is 11.8 Å². The number of esters is 2. The molecular weight excluding hydrogens is 530 g/mol. The average Bonchev–Trinajstić information content (AvgIpc) is 3.35. The van der Waals surface area contributed by atoms with E-state index in [2.05, 4.69) is 6.92 Å². The first-order valence-corrected chi connectivity index (χ1v) is 14.6. The minimum Gasteiger partial charge on any atom is -0.465 e. The fourth-order valence-electron chi connectivity index (χ4n) is 5.70. The number of hydrogen-bond donors (Lipinski definition) is 0. The molecule has 42 heavy (non-hydrogen) atoms. The molecule has 218 valence electrons. The molecule has 1 fully saturated rings. The third kappa shape index (κ3) is 6.25. The van der Waals surface area contributed by atoms with Crippen LogP contribution >= 0.6 is 0 Å². The summed E-state index contributed by atoms with van der Waals surface area (Å²) in [6.07, 6.45) is 6.83. The molecule has 0 aliphatic heterocycles. The molecule has 0 N–H and O–H groups in total. The van der Waals surface area contributed by atoms with Crippen LogP contribution in [0.2, 0.25) is 0 Å². The average molecular weight is 568 g/mol. The van der Waals surface area contributed by atoms with Crippen molar-refractivity contribution in [3.05, 3.63) is 83.4 Å². The van der Waals surface area contributed by atoms with Gasteiger partial charge in [0.05, 0.1) is 18.4 Å². The Morgan fingerprint density at radius 1 is 0.952 bits per heavy atom.